The highest BCUT2D eigenvalue weighted by Gasteiger charge is 2.30. The van der Waals surface area contributed by atoms with Crippen LogP contribution in [0.15, 0.2) is 30.3 Å². The van der Waals surface area contributed by atoms with Crippen molar-refractivity contribution in [1.82, 2.24) is 0 Å². The lowest BCUT2D eigenvalue weighted by Crippen LogP contribution is -2.30. The number of halogens is 1. The largest absolute Gasteiger partial charge is 0.480 e. The highest BCUT2D eigenvalue weighted by atomic mass is 35.5. The van der Waals surface area contributed by atoms with Crippen LogP contribution in [0.2, 0.25) is 0 Å². The van der Waals surface area contributed by atoms with Crippen LogP contribution in [0.5, 0.6) is 0 Å². The Morgan fingerprint density at radius 2 is 1.88 bits per heavy atom. The molecule has 2 atom stereocenters. The van der Waals surface area contributed by atoms with Gasteiger partial charge >= 0.3 is 5.97 Å². The van der Waals surface area contributed by atoms with Gasteiger partial charge in [0.2, 0.25) is 0 Å². The summed E-state index contributed by atoms with van der Waals surface area (Å²) >= 11 is 5.71. The molecule has 86 valence electrons. The third kappa shape index (κ3) is 2.83. The van der Waals surface area contributed by atoms with E-state index in [9.17, 15) is 9.59 Å². The molecule has 0 fully saturated rings. The Labute approximate surface area is 99.0 Å². The molecule has 0 spiro atoms. The molecule has 0 aliphatic carbocycles. The summed E-state index contributed by atoms with van der Waals surface area (Å²) < 4.78 is 0. The molecule has 2 unspecified atom stereocenters. The van der Waals surface area contributed by atoms with Crippen molar-refractivity contribution in [3.63, 3.8) is 0 Å². The fraction of sp³-hybridized carbons (Fsp3) is 0.333. The molecule has 0 heterocycles. The number of rotatable bonds is 5. The van der Waals surface area contributed by atoms with Crippen LogP contribution in [-0.4, -0.2) is 22.2 Å². The highest BCUT2D eigenvalue weighted by molar-refractivity contribution is 6.31. The molecular weight excluding hydrogens is 228 g/mol. The number of carbonyl (C=O) groups excluding carboxylic acids is 1. The Bertz CT molecular complexity index is 375. The Balaban J connectivity index is 2.90. The summed E-state index contributed by atoms with van der Waals surface area (Å²) in [6.45, 7) is 1.75. The average Bonchev–Trinajstić information content (AvgIpc) is 2.30. The van der Waals surface area contributed by atoms with Gasteiger partial charge in [0, 0.05) is 11.5 Å². The number of hydrogen-bond donors (Lipinski definition) is 1. The first-order chi connectivity index (χ1) is 7.57. The fourth-order valence-corrected chi connectivity index (χ4v) is 1.81. The van der Waals surface area contributed by atoms with Crippen LogP contribution in [0.4, 0.5) is 0 Å². The SMILES string of the molecule is CCC(C(=O)c1ccccc1)C(Cl)C(=O)O. The summed E-state index contributed by atoms with van der Waals surface area (Å²) in [6.07, 6.45) is 0.411. The molecule has 0 bridgehead atoms. The number of benzene rings is 1. The monoisotopic (exact) mass is 240 g/mol. The molecule has 1 rings (SSSR count). The van der Waals surface area contributed by atoms with Gasteiger partial charge < -0.3 is 5.11 Å². The van der Waals surface area contributed by atoms with Gasteiger partial charge in [-0.2, -0.15) is 0 Å². The summed E-state index contributed by atoms with van der Waals surface area (Å²) in [7, 11) is 0. The van der Waals surface area contributed by atoms with Crippen LogP contribution in [0, 0.1) is 5.92 Å². The number of ketones is 1. The van der Waals surface area contributed by atoms with E-state index in [1.807, 2.05) is 0 Å². The third-order valence-electron chi connectivity index (χ3n) is 2.42. The van der Waals surface area contributed by atoms with Crippen molar-refractivity contribution in [2.45, 2.75) is 18.7 Å². The van der Waals surface area contributed by atoms with Gasteiger partial charge in [-0.1, -0.05) is 37.3 Å². The first-order valence-electron chi connectivity index (χ1n) is 5.04. The van der Waals surface area contributed by atoms with Gasteiger partial charge in [0.1, 0.15) is 5.38 Å². The number of alkyl halides is 1. The molecule has 0 radical (unpaired) electrons. The summed E-state index contributed by atoms with van der Waals surface area (Å²) in [5.74, 6) is -2.05. The van der Waals surface area contributed by atoms with Crippen molar-refractivity contribution in [3.8, 4) is 0 Å². The predicted octanol–water partition coefficient (Wildman–Crippen LogP) is 2.59. The molecule has 0 aliphatic rings. The molecule has 3 nitrogen and oxygen atoms in total. The van der Waals surface area contributed by atoms with E-state index in [0.29, 0.717) is 12.0 Å². The Kier molecular flexibility index (Phi) is 4.50. The molecule has 0 saturated heterocycles. The van der Waals surface area contributed by atoms with Crippen molar-refractivity contribution in [3.05, 3.63) is 35.9 Å². The van der Waals surface area contributed by atoms with Crippen molar-refractivity contribution < 1.29 is 14.7 Å². The van der Waals surface area contributed by atoms with Gasteiger partial charge in [0.15, 0.2) is 5.78 Å². The molecule has 0 amide bonds. The van der Waals surface area contributed by atoms with Crippen molar-refractivity contribution in [2.75, 3.05) is 0 Å². The van der Waals surface area contributed by atoms with Crippen LogP contribution < -0.4 is 0 Å². The first-order valence-corrected chi connectivity index (χ1v) is 5.47. The predicted molar refractivity (Wildman–Crippen MR) is 61.8 cm³/mol. The minimum Gasteiger partial charge on any atom is -0.480 e. The van der Waals surface area contributed by atoms with Gasteiger partial charge in [0.25, 0.3) is 0 Å². The molecule has 1 aromatic carbocycles. The molecule has 0 aromatic heterocycles. The van der Waals surface area contributed by atoms with E-state index in [-0.39, 0.29) is 5.78 Å². The zero-order valence-corrected chi connectivity index (χ0v) is 9.65. The van der Waals surface area contributed by atoms with Crippen LogP contribution >= 0.6 is 11.6 Å². The lowest BCUT2D eigenvalue weighted by molar-refractivity contribution is -0.137. The van der Waals surface area contributed by atoms with Crippen LogP contribution in [-0.2, 0) is 4.79 Å². The van der Waals surface area contributed by atoms with Gasteiger partial charge in [-0.3, -0.25) is 9.59 Å². The topological polar surface area (TPSA) is 54.4 Å². The number of carboxylic acid groups (broad SMARTS) is 1. The molecule has 1 aromatic rings. The molecule has 1 N–H and O–H groups in total. The zero-order valence-electron chi connectivity index (χ0n) is 8.89. The summed E-state index contributed by atoms with van der Waals surface area (Å²) in [4.78, 5) is 22.7. The van der Waals surface area contributed by atoms with Crippen LogP contribution in [0.1, 0.15) is 23.7 Å². The molecular formula is C12H13ClO3. The van der Waals surface area contributed by atoms with Crippen LogP contribution in [0.3, 0.4) is 0 Å². The van der Waals surface area contributed by atoms with E-state index in [2.05, 4.69) is 0 Å². The maximum Gasteiger partial charge on any atom is 0.322 e. The number of carboxylic acids is 1. The molecule has 16 heavy (non-hydrogen) atoms. The van der Waals surface area contributed by atoms with E-state index >= 15 is 0 Å². The Hall–Kier alpha value is -1.35. The maximum atomic E-state index is 12.0. The number of aliphatic carboxylic acids is 1. The average molecular weight is 241 g/mol. The van der Waals surface area contributed by atoms with Crippen molar-refractivity contribution in [1.29, 1.82) is 0 Å². The van der Waals surface area contributed by atoms with E-state index < -0.39 is 17.3 Å². The molecule has 0 saturated carbocycles. The second kappa shape index (κ2) is 5.66. The third-order valence-corrected chi connectivity index (χ3v) is 2.91. The normalized spacial score (nSPS) is 14.1. The number of carbonyl (C=O) groups is 2. The van der Waals surface area contributed by atoms with Crippen molar-refractivity contribution in [2.24, 2.45) is 5.92 Å². The van der Waals surface area contributed by atoms with E-state index in [1.54, 1.807) is 37.3 Å². The molecule has 4 heteroatoms. The van der Waals surface area contributed by atoms with Crippen molar-refractivity contribution >= 4 is 23.4 Å². The number of Topliss-reactive ketones (excluding diaryl/α,β-unsaturated/α-hetero) is 1. The van der Waals surface area contributed by atoms with Gasteiger partial charge in [-0.25, -0.2) is 0 Å². The number of hydrogen-bond acceptors (Lipinski definition) is 2. The Morgan fingerprint density at radius 3 is 2.31 bits per heavy atom. The van der Waals surface area contributed by atoms with E-state index in [4.69, 9.17) is 16.7 Å². The van der Waals surface area contributed by atoms with Crippen LogP contribution in [0.25, 0.3) is 0 Å². The minimum atomic E-state index is -1.17. The second-order valence-corrected chi connectivity index (χ2v) is 3.96. The van der Waals surface area contributed by atoms with Gasteiger partial charge in [0.05, 0.1) is 0 Å². The molecule has 0 aliphatic heterocycles. The van der Waals surface area contributed by atoms with E-state index in [1.165, 1.54) is 0 Å². The fourth-order valence-electron chi connectivity index (χ4n) is 1.51. The maximum absolute atomic E-state index is 12.0. The minimum absolute atomic E-state index is 0.217. The lowest BCUT2D eigenvalue weighted by Gasteiger charge is -2.16. The Morgan fingerprint density at radius 1 is 1.31 bits per heavy atom. The first kappa shape index (κ1) is 12.7. The van der Waals surface area contributed by atoms with Gasteiger partial charge in [-0.05, 0) is 6.42 Å². The summed E-state index contributed by atoms with van der Waals surface area (Å²) in [5.41, 5.74) is 0.501. The second-order valence-electron chi connectivity index (χ2n) is 3.49. The summed E-state index contributed by atoms with van der Waals surface area (Å²) in [6, 6.07) is 8.61. The van der Waals surface area contributed by atoms with E-state index in [0.717, 1.165) is 0 Å². The smallest absolute Gasteiger partial charge is 0.322 e. The van der Waals surface area contributed by atoms with Gasteiger partial charge in [-0.15, -0.1) is 11.6 Å². The lowest BCUT2D eigenvalue weighted by atomic mass is 9.92. The highest BCUT2D eigenvalue weighted by Crippen LogP contribution is 2.20. The zero-order chi connectivity index (χ0) is 12.1. The standard InChI is InChI=1S/C12H13ClO3/c1-2-9(10(13)12(15)16)11(14)8-6-4-3-5-7-8/h3-7,9-10H,2H2,1H3,(H,15,16). The quantitative estimate of drug-likeness (QED) is 0.636. The summed E-state index contributed by atoms with van der Waals surface area (Å²) in [5, 5.41) is 7.63.